The fourth-order valence-corrected chi connectivity index (χ4v) is 9.12. The molecule has 2 heterocycles. The van der Waals surface area contributed by atoms with Crippen LogP contribution in [0.4, 0.5) is 17.1 Å². The molecule has 1 aliphatic rings. The summed E-state index contributed by atoms with van der Waals surface area (Å²) >= 11 is 1.87. The lowest BCUT2D eigenvalue weighted by molar-refractivity contribution is 0.660. The molecule has 0 fully saturated rings. The van der Waals surface area contributed by atoms with Crippen LogP contribution in [0.5, 0.6) is 0 Å². The van der Waals surface area contributed by atoms with Gasteiger partial charge in [-0.25, -0.2) is 0 Å². The third-order valence-corrected chi connectivity index (χ3v) is 11.2. The fourth-order valence-electron chi connectivity index (χ4n) is 7.84. The van der Waals surface area contributed by atoms with Crippen LogP contribution in [-0.4, -0.2) is 0 Å². The number of nitrogens with zero attached hydrogens (tertiary/aromatic N) is 1. The van der Waals surface area contributed by atoms with E-state index in [-0.39, 0.29) is 5.41 Å². The third kappa shape index (κ3) is 3.52. The molecule has 9 aromatic rings. The maximum Gasteiger partial charge on any atom is 0.137 e. The molecule has 2 aromatic heterocycles. The quantitative estimate of drug-likeness (QED) is 0.199. The van der Waals surface area contributed by atoms with E-state index in [1.165, 1.54) is 58.6 Å². The van der Waals surface area contributed by atoms with Crippen LogP contribution in [0.2, 0.25) is 0 Å². The average Bonchev–Trinajstić information content (AvgIpc) is 3.72. The molecule has 0 amide bonds. The number of fused-ring (bicyclic) bond motifs is 11. The van der Waals surface area contributed by atoms with Crippen LogP contribution in [0.25, 0.3) is 64.0 Å². The van der Waals surface area contributed by atoms with E-state index >= 15 is 0 Å². The average molecular weight is 608 g/mol. The minimum atomic E-state index is -0.0413. The molecule has 218 valence electrons. The van der Waals surface area contributed by atoms with Crippen molar-refractivity contribution in [2.75, 3.05) is 4.90 Å². The molecule has 3 heteroatoms. The summed E-state index contributed by atoms with van der Waals surface area (Å²) in [6.07, 6.45) is 0. The monoisotopic (exact) mass is 607 g/mol. The summed E-state index contributed by atoms with van der Waals surface area (Å²) in [5, 5.41) is 7.44. The second-order valence-corrected chi connectivity index (χ2v) is 14.0. The molecule has 1 aliphatic carbocycles. The van der Waals surface area contributed by atoms with E-state index in [1.54, 1.807) is 0 Å². The van der Waals surface area contributed by atoms with Gasteiger partial charge in [0.15, 0.2) is 0 Å². The predicted octanol–water partition coefficient (Wildman–Crippen LogP) is 12.9. The Morgan fingerprint density at radius 2 is 1.28 bits per heavy atom. The van der Waals surface area contributed by atoms with Gasteiger partial charge < -0.3 is 9.32 Å². The number of rotatable bonds is 3. The van der Waals surface area contributed by atoms with E-state index in [1.807, 2.05) is 11.3 Å². The van der Waals surface area contributed by atoms with Gasteiger partial charge in [-0.05, 0) is 93.7 Å². The van der Waals surface area contributed by atoms with E-state index in [0.29, 0.717) is 0 Å². The van der Waals surface area contributed by atoms with Crippen LogP contribution >= 0.6 is 11.3 Å². The number of anilines is 3. The molecule has 0 bridgehead atoms. The van der Waals surface area contributed by atoms with Crippen LogP contribution in [0.15, 0.2) is 144 Å². The highest BCUT2D eigenvalue weighted by Gasteiger charge is 2.35. The molecule has 10 rings (SSSR count). The van der Waals surface area contributed by atoms with Gasteiger partial charge in [-0.3, -0.25) is 0 Å². The first-order valence-electron chi connectivity index (χ1n) is 15.9. The van der Waals surface area contributed by atoms with Crippen LogP contribution < -0.4 is 4.90 Å². The number of para-hydroxylation sites is 1. The van der Waals surface area contributed by atoms with Gasteiger partial charge in [-0.2, -0.15) is 0 Å². The number of benzene rings is 7. The Bertz CT molecular complexity index is 2680. The molecule has 46 heavy (non-hydrogen) atoms. The van der Waals surface area contributed by atoms with Crippen molar-refractivity contribution in [3.8, 4) is 11.1 Å². The van der Waals surface area contributed by atoms with Crippen molar-refractivity contribution in [2.45, 2.75) is 19.3 Å². The first-order valence-corrected chi connectivity index (χ1v) is 16.7. The Kier molecular flexibility index (Phi) is 5.25. The SMILES string of the molecule is CC1(C)c2ccccc2-c2cc(N(c3ccccc3)c3cccc4oc5ccc6c7cc8ccccc8cc7sc6c5c34)ccc21. The van der Waals surface area contributed by atoms with Gasteiger partial charge in [0.25, 0.3) is 0 Å². The van der Waals surface area contributed by atoms with Gasteiger partial charge in [-0.15, -0.1) is 11.3 Å². The summed E-state index contributed by atoms with van der Waals surface area (Å²) in [5.74, 6) is 0. The highest BCUT2D eigenvalue weighted by atomic mass is 32.1. The second-order valence-electron chi connectivity index (χ2n) is 12.9. The summed E-state index contributed by atoms with van der Waals surface area (Å²) < 4.78 is 9.19. The van der Waals surface area contributed by atoms with Crippen molar-refractivity contribution in [1.82, 2.24) is 0 Å². The molecule has 0 spiro atoms. The molecule has 0 aliphatic heterocycles. The molecule has 0 saturated carbocycles. The number of hydrogen-bond acceptors (Lipinski definition) is 3. The molecule has 7 aromatic carbocycles. The molecule has 0 radical (unpaired) electrons. The first kappa shape index (κ1) is 25.9. The zero-order valence-corrected chi connectivity index (χ0v) is 26.4. The topological polar surface area (TPSA) is 16.4 Å². The normalized spacial score (nSPS) is 13.6. The lowest BCUT2D eigenvalue weighted by atomic mass is 9.82. The summed E-state index contributed by atoms with van der Waals surface area (Å²) in [4.78, 5) is 2.41. The van der Waals surface area contributed by atoms with Crippen LogP contribution in [0.1, 0.15) is 25.0 Å². The largest absolute Gasteiger partial charge is 0.456 e. The lowest BCUT2D eigenvalue weighted by Crippen LogP contribution is -2.15. The standard InChI is InChI=1S/C43H29NOS/c1-43(2)34-16-9-8-15-30(34)32-25-29(19-21-35(32)43)44(28-13-4-3-5-14-28)36-17-10-18-37-40(36)41-38(45-37)22-20-31-33-23-26-11-6-7-12-27(26)24-39(33)46-42(31)41/h3-25H,1-2H3. The van der Waals surface area contributed by atoms with Crippen molar-refractivity contribution in [3.05, 3.63) is 151 Å². The maximum absolute atomic E-state index is 6.62. The Morgan fingerprint density at radius 1 is 0.543 bits per heavy atom. The summed E-state index contributed by atoms with van der Waals surface area (Å²) in [5.41, 5.74) is 10.5. The second kappa shape index (κ2) is 9.32. The molecular formula is C43H29NOS. The van der Waals surface area contributed by atoms with Crippen molar-refractivity contribution in [2.24, 2.45) is 0 Å². The lowest BCUT2D eigenvalue weighted by Gasteiger charge is -2.27. The van der Waals surface area contributed by atoms with Crippen LogP contribution in [0.3, 0.4) is 0 Å². The van der Waals surface area contributed by atoms with E-state index in [0.717, 1.165) is 33.6 Å². The van der Waals surface area contributed by atoms with Crippen LogP contribution in [-0.2, 0) is 5.41 Å². The Morgan fingerprint density at radius 3 is 2.15 bits per heavy atom. The minimum Gasteiger partial charge on any atom is -0.456 e. The smallest absolute Gasteiger partial charge is 0.137 e. The van der Waals surface area contributed by atoms with E-state index < -0.39 is 0 Å². The Balaban J connectivity index is 1.27. The molecule has 0 N–H and O–H groups in total. The predicted molar refractivity (Wildman–Crippen MR) is 196 cm³/mol. The molecule has 0 atom stereocenters. The van der Waals surface area contributed by atoms with Gasteiger partial charge in [0.1, 0.15) is 11.2 Å². The third-order valence-electron chi connectivity index (χ3n) is 10.0. The summed E-state index contributed by atoms with van der Waals surface area (Å²) in [6.45, 7) is 4.67. The van der Waals surface area contributed by atoms with Gasteiger partial charge in [0, 0.05) is 42.3 Å². The van der Waals surface area contributed by atoms with Crippen LogP contribution in [0, 0.1) is 0 Å². The summed E-state index contributed by atoms with van der Waals surface area (Å²) in [6, 6.07) is 50.8. The number of thiophene rings is 1. The highest BCUT2D eigenvalue weighted by Crippen LogP contribution is 2.52. The van der Waals surface area contributed by atoms with Gasteiger partial charge in [0.05, 0.1) is 11.1 Å². The van der Waals surface area contributed by atoms with Crippen molar-refractivity contribution in [1.29, 1.82) is 0 Å². The highest BCUT2D eigenvalue weighted by molar-refractivity contribution is 7.26. The van der Waals surface area contributed by atoms with E-state index in [2.05, 4.69) is 158 Å². The van der Waals surface area contributed by atoms with Crippen molar-refractivity contribution >= 4 is 81.3 Å². The molecular weight excluding hydrogens is 579 g/mol. The first-order chi connectivity index (χ1) is 22.6. The van der Waals surface area contributed by atoms with E-state index in [9.17, 15) is 0 Å². The molecule has 0 unspecified atom stereocenters. The number of hydrogen-bond donors (Lipinski definition) is 0. The molecule has 0 saturated heterocycles. The van der Waals surface area contributed by atoms with Gasteiger partial charge in [0.2, 0.25) is 0 Å². The number of furan rings is 1. The van der Waals surface area contributed by atoms with Gasteiger partial charge >= 0.3 is 0 Å². The fraction of sp³-hybridized carbons (Fsp3) is 0.0698. The maximum atomic E-state index is 6.62. The van der Waals surface area contributed by atoms with Gasteiger partial charge in [-0.1, -0.05) is 92.7 Å². The Labute approximate surface area is 270 Å². The minimum absolute atomic E-state index is 0.0413. The Hall–Kier alpha value is -5.38. The zero-order chi connectivity index (χ0) is 30.6. The van der Waals surface area contributed by atoms with E-state index in [4.69, 9.17) is 4.42 Å². The zero-order valence-electron chi connectivity index (χ0n) is 25.5. The summed E-state index contributed by atoms with van der Waals surface area (Å²) in [7, 11) is 0. The molecule has 2 nitrogen and oxygen atoms in total. The van der Waals surface area contributed by atoms with Crippen molar-refractivity contribution in [3.63, 3.8) is 0 Å². The van der Waals surface area contributed by atoms with Crippen molar-refractivity contribution < 1.29 is 4.42 Å².